The van der Waals surface area contributed by atoms with Crippen molar-refractivity contribution in [2.24, 2.45) is 0 Å². The lowest BCUT2D eigenvalue weighted by Gasteiger charge is -2.14. The molecule has 2 aromatic carbocycles. The topological polar surface area (TPSA) is 54.0 Å². The SMILES string of the molecule is COCOc1cccc2c(OC(C)=O)ccc(OC)c12. The van der Waals surface area contributed by atoms with Crippen LogP contribution < -0.4 is 14.2 Å². The van der Waals surface area contributed by atoms with Crippen molar-refractivity contribution in [3.05, 3.63) is 30.3 Å². The second-order valence-electron chi connectivity index (χ2n) is 4.09. The summed E-state index contributed by atoms with van der Waals surface area (Å²) in [5, 5.41) is 1.49. The Morgan fingerprint density at radius 1 is 1.05 bits per heavy atom. The molecule has 0 heterocycles. The van der Waals surface area contributed by atoms with Gasteiger partial charge in [0.05, 0.1) is 12.5 Å². The van der Waals surface area contributed by atoms with Crippen LogP contribution in [-0.4, -0.2) is 27.0 Å². The zero-order chi connectivity index (χ0) is 14.5. The van der Waals surface area contributed by atoms with E-state index in [1.807, 2.05) is 12.1 Å². The van der Waals surface area contributed by atoms with Crippen LogP contribution in [0, 0.1) is 0 Å². The van der Waals surface area contributed by atoms with Gasteiger partial charge in [-0.15, -0.1) is 0 Å². The van der Waals surface area contributed by atoms with E-state index in [0.717, 1.165) is 10.8 Å². The highest BCUT2D eigenvalue weighted by Crippen LogP contribution is 2.39. The molecule has 0 amide bonds. The first-order valence-corrected chi connectivity index (χ1v) is 6.07. The molecular weight excluding hydrogens is 260 g/mol. The van der Waals surface area contributed by atoms with Gasteiger partial charge in [-0.25, -0.2) is 0 Å². The predicted molar refractivity (Wildman–Crippen MR) is 74.3 cm³/mol. The molecule has 2 aromatic rings. The molecule has 0 N–H and O–H groups in total. The molecule has 0 aromatic heterocycles. The molecule has 0 fully saturated rings. The Morgan fingerprint density at radius 3 is 2.45 bits per heavy atom. The standard InChI is InChI=1S/C15H16O5/c1-10(16)20-12-7-8-13(18-3)15-11(12)5-4-6-14(15)19-9-17-2/h4-8H,9H2,1-3H3. The van der Waals surface area contributed by atoms with Gasteiger partial charge in [-0.3, -0.25) is 4.79 Å². The molecule has 0 saturated carbocycles. The van der Waals surface area contributed by atoms with E-state index in [2.05, 4.69) is 0 Å². The lowest BCUT2D eigenvalue weighted by Crippen LogP contribution is -2.03. The van der Waals surface area contributed by atoms with E-state index < -0.39 is 0 Å². The summed E-state index contributed by atoms with van der Waals surface area (Å²) in [5.74, 6) is 1.34. The minimum absolute atomic E-state index is 0.125. The lowest BCUT2D eigenvalue weighted by atomic mass is 10.1. The van der Waals surface area contributed by atoms with E-state index >= 15 is 0 Å². The Bertz CT molecular complexity index is 621. The Hall–Kier alpha value is -2.27. The second kappa shape index (κ2) is 6.25. The molecule has 0 aliphatic heterocycles. The number of hydrogen-bond donors (Lipinski definition) is 0. The van der Waals surface area contributed by atoms with E-state index in [1.165, 1.54) is 6.92 Å². The van der Waals surface area contributed by atoms with Crippen molar-refractivity contribution in [1.82, 2.24) is 0 Å². The molecule has 0 bridgehead atoms. The van der Waals surface area contributed by atoms with Gasteiger partial charge >= 0.3 is 5.97 Å². The number of carbonyl (C=O) groups excluding carboxylic acids is 1. The van der Waals surface area contributed by atoms with Gasteiger partial charge in [0, 0.05) is 19.4 Å². The molecule has 0 saturated heterocycles. The van der Waals surface area contributed by atoms with Crippen molar-refractivity contribution in [2.75, 3.05) is 21.0 Å². The number of benzene rings is 2. The molecule has 0 spiro atoms. The third-order valence-corrected chi connectivity index (χ3v) is 2.73. The van der Waals surface area contributed by atoms with Crippen LogP contribution in [0.2, 0.25) is 0 Å². The van der Waals surface area contributed by atoms with Gasteiger partial charge in [0.15, 0.2) is 6.79 Å². The number of methoxy groups -OCH3 is 2. The predicted octanol–water partition coefficient (Wildman–Crippen LogP) is 2.76. The van der Waals surface area contributed by atoms with Crippen LogP contribution in [0.5, 0.6) is 17.2 Å². The van der Waals surface area contributed by atoms with Crippen LogP contribution in [0.4, 0.5) is 0 Å². The molecule has 106 valence electrons. The maximum atomic E-state index is 11.2. The van der Waals surface area contributed by atoms with Crippen molar-refractivity contribution < 1.29 is 23.7 Å². The zero-order valence-corrected chi connectivity index (χ0v) is 11.6. The number of esters is 1. The van der Waals surface area contributed by atoms with E-state index in [-0.39, 0.29) is 12.8 Å². The average molecular weight is 276 g/mol. The lowest BCUT2D eigenvalue weighted by molar-refractivity contribution is -0.131. The Kier molecular flexibility index (Phi) is 4.42. The van der Waals surface area contributed by atoms with Crippen molar-refractivity contribution in [2.45, 2.75) is 6.92 Å². The summed E-state index contributed by atoms with van der Waals surface area (Å²) >= 11 is 0. The Morgan fingerprint density at radius 2 is 1.80 bits per heavy atom. The molecule has 5 nitrogen and oxygen atoms in total. The minimum atomic E-state index is -0.375. The molecule has 5 heteroatoms. The third-order valence-electron chi connectivity index (χ3n) is 2.73. The number of rotatable bonds is 5. The van der Waals surface area contributed by atoms with Gasteiger partial charge < -0.3 is 18.9 Å². The molecule has 0 unspecified atom stereocenters. The largest absolute Gasteiger partial charge is 0.496 e. The van der Waals surface area contributed by atoms with Crippen LogP contribution in [0.1, 0.15) is 6.92 Å². The fourth-order valence-corrected chi connectivity index (χ4v) is 1.97. The maximum absolute atomic E-state index is 11.2. The highest BCUT2D eigenvalue weighted by atomic mass is 16.7. The monoisotopic (exact) mass is 276 g/mol. The number of hydrogen-bond acceptors (Lipinski definition) is 5. The fourth-order valence-electron chi connectivity index (χ4n) is 1.97. The third kappa shape index (κ3) is 2.83. The first-order chi connectivity index (χ1) is 9.67. The number of carbonyl (C=O) groups is 1. The molecule has 0 radical (unpaired) electrons. The second-order valence-corrected chi connectivity index (χ2v) is 4.09. The van der Waals surface area contributed by atoms with Gasteiger partial charge in [-0.05, 0) is 18.2 Å². The summed E-state index contributed by atoms with van der Waals surface area (Å²) in [7, 11) is 3.13. The van der Waals surface area contributed by atoms with E-state index in [1.54, 1.807) is 32.4 Å². The van der Waals surface area contributed by atoms with Gasteiger partial charge in [-0.1, -0.05) is 12.1 Å². The summed E-state index contributed by atoms with van der Waals surface area (Å²) in [6, 6.07) is 8.90. The first-order valence-electron chi connectivity index (χ1n) is 6.07. The zero-order valence-electron chi connectivity index (χ0n) is 11.6. The Balaban J connectivity index is 2.61. The quantitative estimate of drug-likeness (QED) is 0.477. The molecule has 20 heavy (non-hydrogen) atoms. The van der Waals surface area contributed by atoms with Gasteiger partial charge in [0.25, 0.3) is 0 Å². The molecule has 0 aliphatic carbocycles. The van der Waals surface area contributed by atoms with Crippen molar-refractivity contribution >= 4 is 16.7 Å². The maximum Gasteiger partial charge on any atom is 0.308 e. The van der Waals surface area contributed by atoms with Gasteiger partial charge in [-0.2, -0.15) is 0 Å². The van der Waals surface area contributed by atoms with E-state index in [4.69, 9.17) is 18.9 Å². The van der Waals surface area contributed by atoms with Crippen molar-refractivity contribution in [3.63, 3.8) is 0 Å². The highest BCUT2D eigenvalue weighted by Gasteiger charge is 2.13. The number of ether oxygens (including phenoxy) is 4. The summed E-state index contributed by atoms with van der Waals surface area (Å²) < 4.78 is 21.0. The molecular formula is C15H16O5. The smallest absolute Gasteiger partial charge is 0.308 e. The van der Waals surface area contributed by atoms with Crippen LogP contribution in [0.15, 0.2) is 30.3 Å². The van der Waals surface area contributed by atoms with Gasteiger partial charge in [0.2, 0.25) is 0 Å². The molecule has 0 atom stereocenters. The molecule has 0 aliphatic rings. The first kappa shape index (κ1) is 14.1. The van der Waals surface area contributed by atoms with Crippen LogP contribution in [-0.2, 0) is 9.53 Å². The summed E-state index contributed by atoms with van der Waals surface area (Å²) in [5.41, 5.74) is 0. The van der Waals surface area contributed by atoms with Crippen LogP contribution >= 0.6 is 0 Å². The van der Waals surface area contributed by atoms with E-state index in [0.29, 0.717) is 17.2 Å². The van der Waals surface area contributed by atoms with Crippen molar-refractivity contribution in [1.29, 1.82) is 0 Å². The van der Waals surface area contributed by atoms with E-state index in [9.17, 15) is 4.79 Å². The molecule has 2 rings (SSSR count). The Labute approximate surface area is 117 Å². The minimum Gasteiger partial charge on any atom is -0.496 e. The van der Waals surface area contributed by atoms with Crippen molar-refractivity contribution in [3.8, 4) is 17.2 Å². The normalized spacial score (nSPS) is 10.3. The summed E-state index contributed by atoms with van der Waals surface area (Å²) in [6.45, 7) is 1.49. The highest BCUT2D eigenvalue weighted by molar-refractivity contribution is 5.98. The summed E-state index contributed by atoms with van der Waals surface area (Å²) in [6.07, 6.45) is 0. The number of fused-ring (bicyclic) bond motifs is 1. The summed E-state index contributed by atoms with van der Waals surface area (Å²) in [4.78, 5) is 11.2. The average Bonchev–Trinajstić information content (AvgIpc) is 2.45. The fraction of sp³-hybridized carbons (Fsp3) is 0.267. The van der Waals surface area contributed by atoms with Crippen LogP contribution in [0.25, 0.3) is 10.8 Å². The van der Waals surface area contributed by atoms with Gasteiger partial charge in [0.1, 0.15) is 17.2 Å². The van der Waals surface area contributed by atoms with Crippen LogP contribution in [0.3, 0.4) is 0 Å².